The first-order valence-electron chi connectivity index (χ1n) is 8.89. The molecule has 0 spiro atoms. The van der Waals surface area contributed by atoms with Gasteiger partial charge in [0.05, 0.1) is 22.9 Å². The van der Waals surface area contributed by atoms with Gasteiger partial charge in [-0.05, 0) is 25.5 Å². The molecule has 140 valence electrons. The van der Waals surface area contributed by atoms with E-state index in [1.807, 2.05) is 6.07 Å². The summed E-state index contributed by atoms with van der Waals surface area (Å²) < 4.78 is 0. The fraction of sp³-hybridized carbons (Fsp3) is 0.136. The Morgan fingerprint density at radius 3 is 2.39 bits per heavy atom. The van der Waals surface area contributed by atoms with E-state index in [-0.39, 0.29) is 17.3 Å². The number of ketones is 1. The lowest BCUT2D eigenvalue weighted by Crippen LogP contribution is -2.24. The van der Waals surface area contributed by atoms with Crippen LogP contribution in [0.1, 0.15) is 35.3 Å². The zero-order chi connectivity index (χ0) is 20.0. The van der Waals surface area contributed by atoms with Crippen molar-refractivity contribution in [2.24, 2.45) is 0 Å². The first-order chi connectivity index (χ1) is 13.4. The third kappa shape index (κ3) is 2.70. The summed E-state index contributed by atoms with van der Waals surface area (Å²) in [5, 5.41) is 15.3. The summed E-state index contributed by atoms with van der Waals surface area (Å²) in [7, 11) is 0. The van der Waals surface area contributed by atoms with Crippen LogP contribution in [0.4, 0.5) is 5.69 Å². The van der Waals surface area contributed by atoms with E-state index in [1.165, 1.54) is 0 Å². The molecule has 0 fully saturated rings. The SMILES string of the molecule is CC1=C(C(=O)O)C(C)NC1=C1C(=O)Nc2cc(C(=O)c3ccccc3)ccc21. The molecule has 0 bridgehead atoms. The normalized spacial score (nSPS) is 20.6. The lowest BCUT2D eigenvalue weighted by Gasteiger charge is -2.09. The minimum absolute atomic E-state index is 0.129. The van der Waals surface area contributed by atoms with Gasteiger partial charge in [-0.15, -0.1) is 0 Å². The minimum Gasteiger partial charge on any atom is -0.478 e. The van der Waals surface area contributed by atoms with Crippen LogP contribution < -0.4 is 10.6 Å². The van der Waals surface area contributed by atoms with E-state index in [0.29, 0.717) is 39.2 Å². The molecule has 2 aliphatic rings. The number of fused-ring (bicyclic) bond motifs is 1. The van der Waals surface area contributed by atoms with Gasteiger partial charge < -0.3 is 15.7 Å². The summed E-state index contributed by atoms with van der Waals surface area (Å²) in [6, 6.07) is 13.6. The van der Waals surface area contributed by atoms with Gasteiger partial charge >= 0.3 is 5.97 Å². The highest BCUT2D eigenvalue weighted by molar-refractivity contribution is 6.33. The fourth-order valence-electron chi connectivity index (χ4n) is 3.78. The molecule has 28 heavy (non-hydrogen) atoms. The number of carbonyl (C=O) groups is 3. The molecule has 1 amide bonds. The Morgan fingerprint density at radius 1 is 1.04 bits per heavy atom. The fourth-order valence-corrected chi connectivity index (χ4v) is 3.78. The first-order valence-corrected chi connectivity index (χ1v) is 8.89. The quantitative estimate of drug-likeness (QED) is 0.567. The smallest absolute Gasteiger partial charge is 0.334 e. The Balaban J connectivity index is 1.78. The second-order valence-corrected chi connectivity index (χ2v) is 6.87. The molecule has 2 aliphatic heterocycles. The van der Waals surface area contributed by atoms with Crippen molar-refractivity contribution < 1.29 is 19.5 Å². The highest BCUT2D eigenvalue weighted by Gasteiger charge is 2.35. The highest BCUT2D eigenvalue weighted by atomic mass is 16.4. The maximum absolute atomic E-state index is 12.7. The van der Waals surface area contributed by atoms with E-state index in [9.17, 15) is 19.5 Å². The molecule has 4 rings (SSSR count). The van der Waals surface area contributed by atoms with Crippen LogP contribution in [0.25, 0.3) is 5.57 Å². The van der Waals surface area contributed by atoms with Crippen LogP contribution in [0.5, 0.6) is 0 Å². The molecule has 6 nitrogen and oxygen atoms in total. The predicted molar refractivity (Wildman–Crippen MR) is 105 cm³/mol. The van der Waals surface area contributed by atoms with Gasteiger partial charge in [0.2, 0.25) is 0 Å². The van der Waals surface area contributed by atoms with Crippen molar-refractivity contribution in [2.45, 2.75) is 19.9 Å². The molecule has 0 saturated carbocycles. The Bertz CT molecular complexity index is 1100. The van der Waals surface area contributed by atoms with Crippen LogP contribution >= 0.6 is 0 Å². The molecule has 0 saturated heterocycles. The lowest BCUT2D eigenvalue weighted by atomic mass is 9.97. The Kier molecular flexibility index (Phi) is 4.11. The van der Waals surface area contributed by atoms with Gasteiger partial charge in [-0.1, -0.05) is 42.5 Å². The number of hydrogen-bond acceptors (Lipinski definition) is 4. The van der Waals surface area contributed by atoms with Crippen molar-refractivity contribution in [1.82, 2.24) is 5.32 Å². The van der Waals surface area contributed by atoms with Gasteiger partial charge in [0.1, 0.15) is 0 Å². The average Bonchev–Trinajstić information content (AvgIpc) is 3.15. The van der Waals surface area contributed by atoms with E-state index in [0.717, 1.165) is 0 Å². The number of anilines is 1. The molecular formula is C22H18N2O4. The van der Waals surface area contributed by atoms with E-state index in [2.05, 4.69) is 10.6 Å². The van der Waals surface area contributed by atoms with Crippen molar-refractivity contribution in [3.63, 3.8) is 0 Å². The van der Waals surface area contributed by atoms with Gasteiger partial charge in [-0.25, -0.2) is 4.79 Å². The van der Waals surface area contributed by atoms with Crippen molar-refractivity contribution in [3.05, 3.63) is 82.1 Å². The molecular weight excluding hydrogens is 356 g/mol. The highest BCUT2D eigenvalue weighted by Crippen LogP contribution is 2.38. The van der Waals surface area contributed by atoms with E-state index in [1.54, 1.807) is 56.3 Å². The zero-order valence-electron chi connectivity index (χ0n) is 15.4. The number of amides is 1. The summed E-state index contributed by atoms with van der Waals surface area (Å²) in [5.41, 5.74) is 3.94. The molecule has 1 atom stereocenters. The number of carboxylic acid groups (broad SMARTS) is 1. The maximum atomic E-state index is 12.7. The number of nitrogens with one attached hydrogen (secondary N) is 2. The predicted octanol–water partition coefficient (Wildman–Crippen LogP) is 2.97. The molecule has 0 aromatic heterocycles. The third-order valence-corrected chi connectivity index (χ3v) is 5.12. The van der Waals surface area contributed by atoms with Crippen LogP contribution in [0.2, 0.25) is 0 Å². The van der Waals surface area contributed by atoms with Crippen LogP contribution in [-0.4, -0.2) is 28.8 Å². The zero-order valence-corrected chi connectivity index (χ0v) is 15.4. The summed E-state index contributed by atoms with van der Waals surface area (Å²) in [6.07, 6.45) is 0. The number of carbonyl (C=O) groups excluding carboxylic acids is 2. The van der Waals surface area contributed by atoms with Gasteiger partial charge in [0.15, 0.2) is 5.78 Å². The van der Waals surface area contributed by atoms with Crippen LogP contribution in [-0.2, 0) is 9.59 Å². The maximum Gasteiger partial charge on any atom is 0.334 e. The summed E-state index contributed by atoms with van der Waals surface area (Å²) in [4.78, 5) is 36.8. The van der Waals surface area contributed by atoms with Gasteiger partial charge in [0, 0.05) is 22.4 Å². The van der Waals surface area contributed by atoms with Gasteiger partial charge in [-0.2, -0.15) is 0 Å². The third-order valence-electron chi connectivity index (χ3n) is 5.12. The number of hydrogen-bond donors (Lipinski definition) is 3. The minimum atomic E-state index is -1.00. The molecule has 3 N–H and O–H groups in total. The second kappa shape index (κ2) is 6.49. The van der Waals surface area contributed by atoms with Crippen LogP contribution in [0.3, 0.4) is 0 Å². The number of aliphatic carboxylic acids is 1. The van der Waals surface area contributed by atoms with Crippen molar-refractivity contribution in [1.29, 1.82) is 0 Å². The average molecular weight is 374 g/mol. The lowest BCUT2D eigenvalue weighted by molar-refractivity contribution is -0.132. The van der Waals surface area contributed by atoms with E-state index >= 15 is 0 Å². The number of rotatable bonds is 3. The summed E-state index contributed by atoms with van der Waals surface area (Å²) >= 11 is 0. The van der Waals surface area contributed by atoms with Crippen LogP contribution in [0, 0.1) is 0 Å². The number of allylic oxidation sites excluding steroid dienone is 1. The Hall–Kier alpha value is -3.67. The standard InChI is InChI=1S/C22H18N2O4/c1-11-17(22(27)28)12(2)23-19(11)18-15-9-8-14(10-16(15)24-21(18)26)20(25)13-6-4-3-5-7-13/h3-10,12,23H,1-2H3,(H,24,26)(H,27,28). The molecule has 1 unspecified atom stereocenters. The topological polar surface area (TPSA) is 95.5 Å². The summed E-state index contributed by atoms with van der Waals surface area (Å²) in [6.45, 7) is 3.44. The number of benzene rings is 2. The summed E-state index contributed by atoms with van der Waals surface area (Å²) in [5.74, 6) is -1.45. The largest absolute Gasteiger partial charge is 0.478 e. The van der Waals surface area contributed by atoms with Gasteiger partial charge in [0.25, 0.3) is 5.91 Å². The van der Waals surface area contributed by atoms with E-state index < -0.39 is 12.0 Å². The van der Waals surface area contributed by atoms with Crippen molar-refractivity contribution in [2.75, 3.05) is 5.32 Å². The molecule has 0 radical (unpaired) electrons. The van der Waals surface area contributed by atoms with Crippen LogP contribution in [0.15, 0.2) is 65.4 Å². The van der Waals surface area contributed by atoms with Crippen molar-refractivity contribution >= 4 is 28.9 Å². The molecule has 2 aromatic rings. The molecule has 0 aliphatic carbocycles. The molecule has 2 aromatic carbocycles. The Labute approximate surface area is 161 Å². The molecule has 6 heteroatoms. The monoisotopic (exact) mass is 374 g/mol. The van der Waals surface area contributed by atoms with Crippen molar-refractivity contribution in [3.8, 4) is 0 Å². The molecule has 2 heterocycles. The Morgan fingerprint density at radius 2 is 1.75 bits per heavy atom. The first kappa shape index (κ1) is 17.7. The van der Waals surface area contributed by atoms with Gasteiger partial charge in [-0.3, -0.25) is 9.59 Å². The van der Waals surface area contributed by atoms with E-state index in [4.69, 9.17) is 0 Å². The second-order valence-electron chi connectivity index (χ2n) is 6.87. The number of carboxylic acids is 1.